The Balaban J connectivity index is 2.53. The fraction of sp³-hybridized carbons (Fsp3) is 0.200. The first-order chi connectivity index (χ1) is 9.09. The molecular weight excluding hydrogens is 292 g/mol. The molecule has 0 aliphatic rings. The van der Waals surface area contributed by atoms with E-state index in [1.165, 1.54) is 0 Å². The number of aromatic nitrogens is 3. The summed E-state index contributed by atoms with van der Waals surface area (Å²) >= 11 is 0. The average Bonchev–Trinajstić information content (AvgIpc) is 2.70. The lowest BCUT2D eigenvalue weighted by Gasteiger charge is -2.08. The fourth-order valence-electron chi connectivity index (χ4n) is 1.42. The SMILES string of the molecule is O=c1cc(C(F)(F)F)[nH]n1-c1cccc(C(F)(F)F)n1. The Morgan fingerprint density at radius 1 is 1.05 bits per heavy atom. The normalized spacial score (nSPS) is 12.7. The molecule has 2 rings (SSSR count). The van der Waals surface area contributed by atoms with Gasteiger partial charge in [-0.15, -0.1) is 0 Å². The van der Waals surface area contributed by atoms with E-state index in [9.17, 15) is 31.1 Å². The van der Waals surface area contributed by atoms with Crippen molar-refractivity contribution < 1.29 is 26.3 Å². The summed E-state index contributed by atoms with van der Waals surface area (Å²) in [5, 5.41) is 1.67. The number of nitrogens with zero attached hydrogens (tertiary/aromatic N) is 2. The van der Waals surface area contributed by atoms with Crippen LogP contribution in [0.15, 0.2) is 29.1 Å². The van der Waals surface area contributed by atoms with Crippen molar-refractivity contribution in [1.29, 1.82) is 0 Å². The molecule has 0 fully saturated rings. The smallest absolute Gasteiger partial charge is 0.285 e. The zero-order valence-electron chi connectivity index (χ0n) is 9.38. The fourth-order valence-corrected chi connectivity index (χ4v) is 1.42. The molecule has 2 aromatic rings. The molecule has 108 valence electrons. The first kappa shape index (κ1) is 14.2. The van der Waals surface area contributed by atoms with Crippen LogP contribution in [0.4, 0.5) is 26.3 Å². The molecule has 0 atom stereocenters. The number of nitrogens with one attached hydrogen (secondary N) is 1. The second-order valence-corrected chi connectivity index (χ2v) is 3.72. The van der Waals surface area contributed by atoms with Gasteiger partial charge in [-0.05, 0) is 12.1 Å². The average molecular weight is 297 g/mol. The molecule has 0 bridgehead atoms. The first-order valence-electron chi connectivity index (χ1n) is 5.03. The Morgan fingerprint density at radius 3 is 2.20 bits per heavy atom. The molecule has 2 heterocycles. The van der Waals surface area contributed by atoms with Gasteiger partial charge in [0.1, 0.15) is 11.4 Å². The van der Waals surface area contributed by atoms with Gasteiger partial charge in [-0.3, -0.25) is 9.89 Å². The minimum absolute atomic E-state index is 0.238. The molecule has 0 radical (unpaired) electrons. The molecule has 0 aromatic carbocycles. The number of pyridine rings is 1. The van der Waals surface area contributed by atoms with Crippen LogP contribution < -0.4 is 5.56 Å². The lowest BCUT2D eigenvalue weighted by atomic mass is 10.3. The summed E-state index contributed by atoms with van der Waals surface area (Å²) in [6.45, 7) is 0. The van der Waals surface area contributed by atoms with Crippen LogP contribution in [0.2, 0.25) is 0 Å². The van der Waals surface area contributed by atoms with E-state index in [1.807, 2.05) is 0 Å². The molecular formula is C10H5F6N3O. The van der Waals surface area contributed by atoms with E-state index < -0.39 is 35.1 Å². The van der Waals surface area contributed by atoms with Crippen molar-refractivity contribution >= 4 is 0 Å². The molecule has 10 heteroatoms. The maximum absolute atomic E-state index is 12.4. The van der Waals surface area contributed by atoms with Crippen LogP contribution in [-0.2, 0) is 12.4 Å². The highest BCUT2D eigenvalue weighted by Gasteiger charge is 2.35. The Kier molecular flexibility index (Phi) is 3.11. The summed E-state index contributed by atoms with van der Waals surface area (Å²) in [6.07, 6.45) is -9.58. The van der Waals surface area contributed by atoms with Gasteiger partial charge in [0, 0.05) is 6.07 Å². The van der Waals surface area contributed by atoms with Gasteiger partial charge in [-0.2, -0.15) is 26.3 Å². The molecule has 1 N–H and O–H groups in total. The van der Waals surface area contributed by atoms with Gasteiger partial charge in [0.25, 0.3) is 5.56 Å². The van der Waals surface area contributed by atoms with Crippen LogP contribution in [-0.4, -0.2) is 14.8 Å². The van der Waals surface area contributed by atoms with Crippen molar-refractivity contribution in [1.82, 2.24) is 14.8 Å². The number of hydrogen-bond donors (Lipinski definition) is 1. The second kappa shape index (κ2) is 4.39. The quantitative estimate of drug-likeness (QED) is 0.823. The van der Waals surface area contributed by atoms with Gasteiger partial charge in [-0.25, -0.2) is 9.67 Å². The number of halogens is 6. The highest BCUT2D eigenvalue weighted by Crippen LogP contribution is 2.28. The monoisotopic (exact) mass is 297 g/mol. The molecule has 0 amide bonds. The molecule has 0 saturated carbocycles. The predicted octanol–water partition coefficient (Wildman–Crippen LogP) is 2.60. The molecule has 0 aliphatic heterocycles. The van der Waals surface area contributed by atoms with Crippen molar-refractivity contribution in [3.8, 4) is 5.82 Å². The lowest BCUT2D eigenvalue weighted by molar-refractivity contribution is -0.142. The van der Waals surface area contributed by atoms with Gasteiger partial charge in [0.2, 0.25) is 0 Å². The van der Waals surface area contributed by atoms with E-state index in [-0.39, 0.29) is 10.7 Å². The summed E-state index contributed by atoms with van der Waals surface area (Å²) in [6, 6.07) is 2.79. The third kappa shape index (κ3) is 2.68. The van der Waals surface area contributed by atoms with Gasteiger partial charge in [-0.1, -0.05) is 6.07 Å². The van der Waals surface area contributed by atoms with Crippen LogP contribution >= 0.6 is 0 Å². The second-order valence-electron chi connectivity index (χ2n) is 3.72. The summed E-state index contributed by atoms with van der Waals surface area (Å²) in [4.78, 5) is 14.5. The number of H-pyrrole nitrogens is 1. The van der Waals surface area contributed by atoms with E-state index in [2.05, 4.69) is 4.98 Å². The Hall–Kier alpha value is -2.26. The predicted molar refractivity (Wildman–Crippen MR) is 54.2 cm³/mol. The largest absolute Gasteiger partial charge is 0.433 e. The van der Waals surface area contributed by atoms with E-state index >= 15 is 0 Å². The van der Waals surface area contributed by atoms with Crippen LogP contribution in [0, 0.1) is 0 Å². The van der Waals surface area contributed by atoms with Crippen molar-refractivity contribution in [3.63, 3.8) is 0 Å². The van der Waals surface area contributed by atoms with Crippen LogP contribution in [0.25, 0.3) is 5.82 Å². The minimum atomic E-state index is -4.81. The standard InChI is InChI=1S/C10H5F6N3O/c11-9(12,13)5-2-1-3-7(17-5)19-8(20)4-6(18-19)10(14,15)16/h1-4,18H. The zero-order valence-corrected chi connectivity index (χ0v) is 9.38. The molecule has 4 nitrogen and oxygen atoms in total. The molecule has 0 spiro atoms. The zero-order chi connectivity index (χ0) is 15.1. The lowest BCUT2D eigenvalue weighted by Crippen LogP contribution is -2.17. The van der Waals surface area contributed by atoms with Crippen LogP contribution in [0.1, 0.15) is 11.4 Å². The topological polar surface area (TPSA) is 50.7 Å². The Morgan fingerprint density at radius 2 is 1.70 bits per heavy atom. The molecule has 0 aliphatic carbocycles. The molecule has 20 heavy (non-hydrogen) atoms. The number of alkyl halides is 6. The van der Waals surface area contributed by atoms with E-state index in [0.717, 1.165) is 12.1 Å². The van der Waals surface area contributed by atoms with Crippen LogP contribution in [0.5, 0.6) is 0 Å². The number of rotatable bonds is 1. The molecule has 0 saturated heterocycles. The van der Waals surface area contributed by atoms with Crippen LogP contribution in [0.3, 0.4) is 0 Å². The van der Waals surface area contributed by atoms with Crippen molar-refractivity contribution in [2.45, 2.75) is 12.4 Å². The van der Waals surface area contributed by atoms with Gasteiger partial charge >= 0.3 is 12.4 Å². The summed E-state index contributed by atoms with van der Waals surface area (Å²) < 4.78 is 74.8. The minimum Gasteiger partial charge on any atom is -0.285 e. The van der Waals surface area contributed by atoms with Gasteiger partial charge in [0.05, 0.1) is 0 Å². The van der Waals surface area contributed by atoms with Crippen molar-refractivity contribution in [2.24, 2.45) is 0 Å². The highest BCUT2D eigenvalue weighted by atomic mass is 19.4. The third-order valence-electron chi connectivity index (χ3n) is 2.28. The number of hydrogen-bond acceptors (Lipinski definition) is 2. The number of aromatic amines is 1. The molecule has 2 aromatic heterocycles. The van der Waals surface area contributed by atoms with E-state index in [4.69, 9.17) is 0 Å². The summed E-state index contributed by atoms with van der Waals surface area (Å²) in [7, 11) is 0. The summed E-state index contributed by atoms with van der Waals surface area (Å²) in [5.74, 6) is -0.583. The Bertz CT molecular complexity index is 681. The van der Waals surface area contributed by atoms with E-state index in [1.54, 1.807) is 5.10 Å². The van der Waals surface area contributed by atoms with Gasteiger partial charge < -0.3 is 0 Å². The first-order valence-corrected chi connectivity index (χ1v) is 5.03. The maximum atomic E-state index is 12.4. The van der Waals surface area contributed by atoms with Gasteiger partial charge in [0.15, 0.2) is 5.82 Å². The third-order valence-corrected chi connectivity index (χ3v) is 2.28. The maximum Gasteiger partial charge on any atom is 0.433 e. The summed E-state index contributed by atoms with van der Waals surface area (Å²) in [5.41, 5.74) is -3.85. The molecule has 0 unspecified atom stereocenters. The van der Waals surface area contributed by atoms with Crippen molar-refractivity contribution in [3.05, 3.63) is 46.0 Å². The van der Waals surface area contributed by atoms with Crippen molar-refractivity contribution in [2.75, 3.05) is 0 Å². The Labute approximate surface area is 106 Å². The highest BCUT2D eigenvalue weighted by molar-refractivity contribution is 5.25. The van der Waals surface area contributed by atoms with E-state index in [0.29, 0.717) is 6.07 Å².